The molecule has 0 amide bonds. The lowest BCUT2D eigenvalue weighted by Crippen LogP contribution is -1.99. The van der Waals surface area contributed by atoms with Crippen LogP contribution in [0.5, 0.6) is 11.6 Å². The van der Waals surface area contributed by atoms with Crippen LogP contribution < -0.4 is 4.74 Å². The molecule has 2 aromatic heterocycles. The number of aliphatic carboxylic acids is 1. The maximum atomic E-state index is 15.9. The number of nitrogens with zero attached hydrogens (tertiary/aromatic N) is 3. The number of carboxylic acids is 1. The molecule has 0 bridgehead atoms. The SMILES string of the molecule is CC/C(=C(/c1ccc(/C=C/C(=O)O)cc1)c1ccc2[nH]ncc2c1F)c1cccc(Oc2cnccn2)c1. The largest absolute Gasteiger partial charge is 0.478 e. The molecule has 188 valence electrons. The number of carbonyl (C=O) groups is 1. The first-order chi connectivity index (χ1) is 18.5. The van der Waals surface area contributed by atoms with Crippen LogP contribution in [0.15, 0.2) is 91.5 Å². The third-order valence-electron chi connectivity index (χ3n) is 6.05. The van der Waals surface area contributed by atoms with E-state index >= 15 is 4.39 Å². The third kappa shape index (κ3) is 5.19. The number of aromatic amines is 1. The van der Waals surface area contributed by atoms with Crippen molar-refractivity contribution in [3.63, 3.8) is 0 Å². The standard InChI is InChI=1S/C30H23FN4O3/c1-2-23(21-4-3-5-22(16-21)38-27-18-32-14-15-33-27)29(20-9-6-19(7-10-20)8-13-28(36)37)24-11-12-26-25(30(24)31)17-34-35-26/h3-18H,2H2,1H3,(H,34,35)(H,36,37)/b13-8+,29-23+. The maximum Gasteiger partial charge on any atom is 0.328 e. The molecule has 0 saturated heterocycles. The van der Waals surface area contributed by atoms with Gasteiger partial charge in [0, 0.05) is 24.0 Å². The average molecular weight is 507 g/mol. The van der Waals surface area contributed by atoms with Gasteiger partial charge in [0.05, 0.1) is 23.3 Å². The summed E-state index contributed by atoms with van der Waals surface area (Å²) in [6.45, 7) is 2.02. The number of benzene rings is 3. The Hall–Kier alpha value is -5.11. The second-order valence-electron chi connectivity index (χ2n) is 8.43. The van der Waals surface area contributed by atoms with Crippen LogP contribution in [0.4, 0.5) is 4.39 Å². The number of rotatable bonds is 8. The zero-order chi connectivity index (χ0) is 26.5. The van der Waals surface area contributed by atoms with E-state index < -0.39 is 5.97 Å². The van der Waals surface area contributed by atoms with Gasteiger partial charge in [-0.1, -0.05) is 43.3 Å². The highest BCUT2D eigenvalue weighted by Gasteiger charge is 2.19. The second kappa shape index (κ2) is 10.9. The number of allylic oxidation sites excluding steroid dienone is 1. The summed E-state index contributed by atoms with van der Waals surface area (Å²) in [5, 5.41) is 16.2. The van der Waals surface area contributed by atoms with Gasteiger partial charge in [-0.2, -0.15) is 5.10 Å². The molecule has 0 aliphatic rings. The Morgan fingerprint density at radius 2 is 1.89 bits per heavy atom. The lowest BCUT2D eigenvalue weighted by atomic mass is 9.87. The van der Waals surface area contributed by atoms with Gasteiger partial charge in [-0.05, 0) is 64.6 Å². The highest BCUT2D eigenvalue weighted by atomic mass is 19.1. The van der Waals surface area contributed by atoms with Crippen molar-refractivity contribution in [1.29, 1.82) is 0 Å². The van der Waals surface area contributed by atoms with Gasteiger partial charge in [0.15, 0.2) is 0 Å². The van der Waals surface area contributed by atoms with Crippen LogP contribution in [0, 0.1) is 5.82 Å². The fourth-order valence-corrected chi connectivity index (χ4v) is 4.33. The predicted octanol–water partition coefficient (Wildman–Crippen LogP) is 6.75. The molecule has 5 aromatic rings. The summed E-state index contributed by atoms with van der Waals surface area (Å²) in [5.41, 5.74) is 5.05. The van der Waals surface area contributed by atoms with Crippen molar-refractivity contribution in [3.8, 4) is 11.6 Å². The first kappa shape index (κ1) is 24.6. The van der Waals surface area contributed by atoms with Gasteiger partial charge in [-0.15, -0.1) is 0 Å². The Bertz CT molecular complexity index is 1660. The van der Waals surface area contributed by atoms with Gasteiger partial charge in [0.25, 0.3) is 0 Å². The van der Waals surface area contributed by atoms with Gasteiger partial charge in [0.2, 0.25) is 5.88 Å². The van der Waals surface area contributed by atoms with Gasteiger partial charge in [0.1, 0.15) is 11.6 Å². The molecule has 2 N–H and O–H groups in total. The molecule has 2 heterocycles. The molecule has 38 heavy (non-hydrogen) atoms. The fourth-order valence-electron chi connectivity index (χ4n) is 4.33. The number of fused-ring (bicyclic) bond motifs is 1. The van der Waals surface area contributed by atoms with Crippen LogP contribution in [0.25, 0.3) is 28.1 Å². The van der Waals surface area contributed by atoms with Gasteiger partial charge < -0.3 is 9.84 Å². The van der Waals surface area contributed by atoms with Crippen LogP contribution in [-0.4, -0.2) is 31.2 Å². The molecule has 0 saturated carbocycles. The number of halogens is 1. The highest BCUT2D eigenvalue weighted by Crippen LogP contribution is 2.38. The number of ether oxygens (including phenoxy) is 1. The molecular weight excluding hydrogens is 483 g/mol. The number of hydrogen-bond acceptors (Lipinski definition) is 5. The summed E-state index contributed by atoms with van der Waals surface area (Å²) in [7, 11) is 0. The zero-order valence-corrected chi connectivity index (χ0v) is 20.4. The smallest absolute Gasteiger partial charge is 0.328 e. The highest BCUT2D eigenvalue weighted by molar-refractivity contribution is 6.01. The molecule has 0 aliphatic heterocycles. The monoisotopic (exact) mass is 506 g/mol. The van der Waals surface area contributed by atoms with E-state index in [1.54, 1.807) is 18.5 Å². The van der Waals surface area contributed by atoms with Gasteiger partial charge in [-0.3, -0.25) is 10.1 Å². The quantitative estimate of drug-likeness (QED) is 0.178. The Labute approximate surface area is 218 Å². The molecule has 0 fully saturated rings. The summed E-state index contributed by atoms with van der Waals surface area (Å²) in [6, 6.07) is 18.5. The van der Waals surface area contributed by atoms with Gasteiger partial charge in [-0.25, -0.2) is 14.2 Å². The van der Waals surface area contributed by atoms with Crippen LogP contribution in [0.3, 0.4) is 0 Å². The fraction of sp³-hybridized carbons (Fsp3) is 0.0667. The van der Waals surface area contributed by atoms with Gasteiger partial charge >= 0.3 is 5.97 Å². The minimum absolute atomic E-state index is 0.369. The molecule has 0 radical (unpaired) electrons. The summed E-state index contributed by atoms with van der Waals surface area (Å²) >= 11 is 0. The van der Waals surface area contributed by atoms with Crippen molar-refractivity contribution < 1.29 is 19.0 Å². The Morgan fingerprint density at radius 3 is 2.63 bits per heavy atom. The lowest BCUT2D eigenvalue weighted by Gasteiger charge is -2.18. The topological polar surface area (TPSA) is 101 Å². The minimum atomic E-state index is -1.03. The van der Waals surface area contributed by atoms with Crippen molar-refractivity contribution in [3.05, 3.63) is 120 Å². The normalized spacial score (nSPS) is 12.1. The summed E-state index contributed by atoms with van der Waals surface area (Å²) in [5.74, 6) is -0.456. The molecule has 0 unspecified atom stereocenters. The average Bonchev–Trinajstić information content (AvgIpc) is 3.42. The van der Waals surface area contributed by atoms with Crippen molar-refractivity contribution in [1.82, 2.24) is 20.2 Å². The van der Waals surface area contributed by atoms with E-state index in [2.05, 4.69) is 20.2 Å². The number of carboxylic acid groups (broad SMARTS) is 1. The Balaban J connectivity index is 1.67. The second-order valence-corrected chi connectivity index (χ2v) is 8.43. The van der Waals surface area contributed by atoms with Crippen LogP contribution >= 0.6 is 0 Å². The Morgan fingerprint density at radius 1 is 1.05 bits per heavy atom. The summed E-state index contributed by atoms with van der Waals surface area (Å²) in [4.78, 5) is 19.1. The number of H-pyrrole nitrogens is 1. The molecule has 5 rings (SSSR count). The molecule has 3 aromatic carbocycles. The number of aromatic nitrogens is 4. The lowest BCUT2D eigenvalue weighted by molar-refractivity contribution is -0.131. The molecule has 0 atom stereocenters. The Kier molecular flexibility index (Phi) is 7.04. The van der Waals surface area contributed by atoms with Crippen LogP contribution in [0.2, 0.25) is 0 Å². The van der Waals surface area contributed by atoms with E-state index in [4.69, 9.17) is 9.84 Å². The zero-order valence-electron chi connectivity index (χ0n) is 20.4. The van der Waals surface area contributed by atoms with E-state index in [1.807, 2.05) is 61.5 Å². The first-order valence-corrected chi connectivity index (χ1v) is 11.9. The van der Waals surface area contributed by atoms with Crippen LogP contribution in [-0.2, 0) is 4.79 Å². The van der Waals surface area contributed by atoms with E-state index in [-0.39, 0.29) is 5.82 Å². The molecule has 7 nitrogen and oxygen atoms in total. The maximum absolute atomic E-state index is 15.9. The minimum Gasteiger partial charge on any atom is -0.478 e. The summed E-state index contributed by atoms with van der Waals surface area (Å²) in [6.07, 6.45) is 9.34. The first-order valence-electron chi connectivity index (χ1n) is 11.9. The molecular formula is C30H23FN4O3. The molecule has 8 heteroatoms. The van der Waals surface area contributed by atoms with E-state index in [0.717, 1.165) is 33.9 Å². The van der Waals surface area contributed by atoms with Crippen molar-refractivity contribution in [2.75, 3.05) is 0 Å². The predicted molar refractivity (Wildman–Crippen MR) is 144 cm³/mol. The summed E-state index contributed by atoms with van der Waals surface area (Å²) < 4.78 is 21.8. The van der Waals surface area contributed by atoms with Crippen molar-refractivity contribution in [2.45, 2.75) is 13.3 Å². The van der Waals surface area contributed by atoms with Crippen molar-refractivity contribution >= 4 is 34.1 Å². The van der Waals surface area contributed by atoms with E-state index in [0.29, 0.717) is 34.5 Å². The molecule has 0 spiro atoms. The third-order valence-corrected chi connectivity index (χ3v) is 6.05. The van der Waals surface area contributed by atoms with E-state index in [1.165, 1.54) is 18.5 Å². The van der Waals surface area contributed by atoms with E-state index in [9.17, 15) is 4.79 Å². The molecule has 0 aliphatic carbocycles. The number of nitrogens with one attached hydrogen (secondary N) is 1. The van der Waals surface area contributed by atoms with Crippen molar-refractivity contribution in [2.24, 2.45) is 0 Å². The van der Waals surface area contributed by atoms with Crippen LogP contribution in [0.1, 0.15) is 35.6 Å². The number of hydrogen-bond donors (Lipinski definition) is 2.